The van der Waals surface area contributed by atoms with Gasteiger partial charge in [0.1, 0.15) is 5.75 Å². The second-order valence-corrected chi connectivity index (χ2v) is 9.59. The van der Waals surface area contributed by atoms with Gasteiger partial charge in [-0.1, -0.05) is 59.3 Å². The number of carbonyl (C=O) groups is 1. The number of urea groups is 1. The number of amides is 2. The molecule has 0 aliphatic heterocycles. The molecule has 36 heavy (non-hydrogen) atoms. The summed E-state index contributed by atoms with van der Waals surface area (Å²) < 4.78 is 7.40. The molecule has 0 radical (unpaired) electrons. The van der Waals surface area contributed by atoms with E-state index in [1.807, 2.05) is 48.7 Å². The summed E-state index contributed by atoms with van der Waals surface area (Å²) in [6.45, 7) is 6.79. The van der Waals surface area contributed by atoms with Crippen molar-refractivity contribution in [3.8, 4) is 11.4 Å². The second kappa shape index (κ2) is 12.0. The van der Waals surface area contributed by atoms with Gasteiger partial charge in [-0.3, -0.25) is 4.57 Å². The molecule has 9 heteroatoms. The van der Waals surface area contributed by atoms with Crippen molar-refractivity contribution >= 4 is 35.1 Å². The van der Waals surface area contributed by atoms with Crippen molar-refractivity contribution in [2.24, 2.45) is 0 Å². The van der Waals surface area contributed by atoms with Gasteiger partial charge in [0, 0.05) is 16.5 Å². The number of anilines is 1. The molecule has 0 saturated carbocycles. The first kappa shape index (κ1) is 25.6. The molecule has 2 amide bonds. The van der Waals surface area contributed by atoms with Crippen LogP contribution >= 0.6 is 23.4 Å². The SMILES string of the molecule is CCOc1ccc(NC(=O)NCc2nnc(SCc3cccc(C)c3)n2-c2cc(Cl)ccc2C)cc1. The summed E-state index contributed by atoms with van der Waals surface area (Å²) in [6.07, 6.45) is 0. The van der Waals surface area contributed by atoms with Gasteiger partial charge in [0.25, 0.3) is 0 Å². The van der Waals surface area contributed by atoms with Crippen molar-refractivity contribution in [2.75, 3.05) is 11.9 Å². The summed E-state index contributed by atoms with van der Waals surface area (Å²) in [6, 6.07) is 21.0. The third kappa shape index (κ3) is 6.59. The average molecular weight is 522 g/mol. The number of hydrogen-bond donors (Lipinski definition) is 2. The predicted octanol–water partition coefficient (Wildman–Crippen LogP) is 6.55. The van der Waals surface area contributed by atoms with E-state index in [9.17, 15) is 4.79 Å². The molecule has 0 bridgehead atoms. The molecular formula is C27H28ClN5O2S. The maximum Gasteiger partial charge on any atom is 0.319 e. The minimum absolute atomic E-state index is 0.187. The Bertz CT molecular complexity index is 1340. The first-order chi connectivity index (χ1) is 17.4. The van der Waals surface area contributed by atoms with Crippen molar-refractivity contribution in [1.82, 2.24) is 20.1 Å². The lowest BCUT2D eigenvalue weighted by atomic mass is 10.2. The number of nitrogens with one attached hydrogen (secondary N) is 2. The van der Waals surface area contributed by atoms with Gasteiger partial charge in [0.05, 0.1) is 18.8 Å². The number of hydrogen-bond acceptors (Lipinski definition) is 5. The smallest absolute Gasteiger partial charge is 0.319 e. The number of halogens is 1. The van der Waals surface area contributed by atoms with Gasteiger partial charge >= 0.3 is 6.03 Å². The summed E-state index contributed by atoms with van der Waals surface area (Å²) >= 11 is 7.92. The standard InChI is InChI=1S/C27H28ClN5O2S/c1-4-35-23-12-10-22(11-13-23)30-26(34)29-16-25-31-32-27(36-17-20-7-5-6-18(2)14-20)33(25)24-15-21(28)9-8-19(24)3/h5-15H,4,16-17H2,1-3H3,(H2,29,30,34). The molecule has 0 saturated heterocycles. The number of thioether (sulfide) groups is 1. The number of carbonyl (C=O) groups excluding carboxylic acids is 1. The van der Waals surface area contributed by atoms with Crippen LogP contribution in [0.3, 0.4) is 0 Å². The van der Waals surface area contributed by atoms with Crippen LogP contribution in [0.15, 0.2) is 71.9 Å². The van der Waals surface area contributed by atoms with Crippen LogP contribution in [0.25, 0.3) is 5.69 Å². The normalized spacial score (nSPS) is 10.8. The monoisotopic (exact) mass is 521 g/mol. The minimum Gasteiger partial charge on any atom is -0.494 e. The molecule has 0 unspecified atom stereocenters. The highest BCUT2D eigenvalue weighted by Gasteiger charge is 2.17. The van der Waals surface area contributed by atoms with Crippen LogP contribution in [0.2, 0.25) is 5.02 Å². The van der Waals surface area contributed by atoms with Crippen molar-refractivity contribution in [2.45, 2.75) is 38.2 Å². The molecule has 4 rings (SSSR count). The Kier molecular flexibility index (Phi) is 8.51. The Labute approximate surface area is 220 Å². The lowest BCUT2D eigenvalue weighted by Crippen LogP contribution is -2.29. The summed E-state index contributed by atoms with van der Waals surface area (Å²) in [7, 11) is 0. The third-order valence-electron chi connectivity index (χ3n) is 5.39. The summed E-state index contributed by atoms with van der Waals surface area (Å²) in [4.78, 5) is 12.6. The van der Waals surface area contributed by atoms with Crippen LogP contribution in [0.1, 0.15) is 29.4 Å². The van der Waals surface area contributed by atoms with Crippen LogP contribution in [-0.4, -0.2) is 27.4 Å². The number of ether oxygens (including phenoxy) is 1. The van der Waals surface area contributed by atoms with Crippen molar-refractivity contribution in [3.63, 3.8) is 0 Å². The predicted molar refractivity (Wildman–Crippen MR) is 145 cm³/mol. The molecule has 0 fully saturated rings. The number of benzene rings is 3. The van der Waals surface area contributed by atoms with Crippen LogP contribution < -0.4 is 15.4 Å². The van der Waals surface area contributed by atoms with Crippen molar-refractivity contribution in [3.05, 3.63) is 94.3 Å². The number of aromatic nitrogens is 3. The third-order valence-corrected chi connectivity index (χ3v) is 6.63. The van der Waals surface area contributed by atoms with E-state index < -0.39 is 0 Å². The highest BCUT2D eigenvalue weighted by molar-refractivity contribution is 7.98. The van der Waals surface area contributed by atoms with E-state index >= 15 is 0 Å². The van der Waals surface area contributed by atoms with Crippen molar-refractivity contribution in [1.29, 1.82) is 0 Å². The Morgan fingerprint density at radius 3 is 2.61 bits per heavy atom. The van der Waals surface area contributed by atoms with Gasteiger partial charge in [-0.2, -0.15) is 0 Å². The Morgan fingerprint density at radius 2 is 1.86 bits per heavy atom. The minimum atomic E-state index is -0.342. The highest BCUT2D eigenvalue weighted by atomic mass is 35.5. The van der Waals surface area contributed by atoms with E-state index in [1.165, 1.54) is 11.1 Å². The first-order valence-electron chi connectivity index (χ1n) is 11.6. The molecule has 0 aliphatic rings. The zero-order valence-corrected chi connectivity index (χ0v) is 22.0. The molecule has 4 aromatic rings. The van der Waals surface area contributed by atoms with Gasteiger partial charge in [0.2, 0.25) is 0 Å². The van der Waals surface area contributed by atoms with E-state index in [4.69, 9.17) is 16.3 Å². The van der Waals surface area contributed by atoms with E-state index in [0.717, 1.165) is 27.9 Å². The van der Waals surface area contributed by atoms with Crippen LogP contribution in [0, 0.1) is 13.8 Å². The molecular weight excluding hydrogens is 494 g/mol. The van der Waals surface area contributed by atoms with E-state index in [1.54, 1.807) is 23.9 Å². The molecule has 1 aromatic heterocycles. The Morgan fingerprint density at radius 1 is 1.06 bits per heavy atom. The van der Waals surface area contributed by atoms with Crippen LogP contribution in [0.5, 0.6) is 5.75 Å². The number of nitrogens with zero attached hydrogens (tertiary/aromatic N) is 3. The lowest BCUT2D eigenvalue weighted by Gasteiger charge is -2.14. The molecule has 3 aromatic carbocycles. The first-order valence-corrected chi connectivity index (χ1v) is 13.0. The van der Waals surface area contributed by atoms with E-state index in [2.05, 4.69) is 52.0 Å². The second-order valence-electron chi connectivity index (χ2n) is 8.21. The summed E-state index contributed by atoms with van der Waals surface area (Å²) in [5.41, 5.74) is 4.98. The van der Waals surface area contributed by atoms with E-state index in [0.29, 0.717) is 23.1 Å². The van der Waals surface area contributed by atoms with Crippen LogP contribution in [0.4, 0.5) is 10.5 Å². The maximum absolute atomic E-state index is 12.6. The molecule has 186 valence electrons. The summed E-state index contributed by atoms with van der Waals surface area (Å²) in [5.74, 6) is 2.10. The molecule has 0 spiro atoms. The van der Waals surface area contributed by atoms with Crippen LogP contribution in [-0.2, 0) is 12.3 Å². The Hall–Kier alpha value is -3.49. The summed E-state index contributed by atoms with van der Waals surface area (Å²) in [5, 5.41) is 15.9. The molecule has 7 nitrogen and oxygen atoms in total. The quantitative estimate of drug-likeness (QED) is 0.244. The Balaban J connectivity index is 1.51. The fraction of sp³-hybridized carbons (Fsp3) is 0.222. The number of aryl methyl sites for hydroxylation is 2. The van der Waals surface area contributed by atoms with Gasteiger partial charge in [-0.25, -0.2) is 4.79 Å². The van der Waals surface area contributed by atoms with Gasteiger partial charge < -0.3 is 15.4 Å². The van der Waals surface area contributed by atoms with E-state index in [-0.39, 0.29) is 12.6 Å². The highest BCUT2D eigenvalue weighted by Crippen LogP contribution is 2.28. The zero-order valence-electron chi connectivity index (χ0n) is 20.4. The molecule has 1 heterocycles. The van der Waals surface area contributed by atoms with Crippen molar-refractivity contribution < 1.29 is 9.53 Å². The molecule has 0 atom stereocenters. The molecule has 2 N–H and O–H groups in total. The largest absolute Gasteiger partial charge is 0.494 e. The fourth-order valence-corrected chi connectivity index (χ4v) is 4.73. The number of rotatable bonds is 9. The lowest BCUT2D eigenvalue weighted by molar-refractivity contribution is 0.251. The van der Waals surface area contributed by atoms with Gasteiger partial charge in [-0.15, -0.1) is 10.2 Å². The average Bonchev–Trinajstić information content (AvgIpc) is 3.27. The maximum atomic E-state index is 12.6. The fourth-order valence-electron chi connectivity index (χ4n) is 3.66. The topological polar surface area (TPSA) is 81.1 Å². The van der Waals surface area contributed by atoms with Gasteiger partial charge in [-0.05, 0) is 68.3 Å². The zero-order chi connectivity index (χ0) is 25.5. The molecule has 0 aliphatic carbocycles. The van der Waals surface area contributed by atoms with Gasteiger partial charge in [0.15, 0.2) is 11.0 Å².